The van der Waals surface area contributed by atoms with Crippen LogP contribution in [0.15, 0.2) is 23.1 Å². The van der Waals surface area contributed by atoms with Crippen LogP contribution in [-0.4, -0.2) is 52.3 Å². The van der Waals surface area contributed by atoms with Gasteiger partial charge in [0.1, 0.15) is 0 Å². The van der Waals surface area contributed by atoms with E-state index in [1.165, 1.54) is 27.8 Å². The van der Waals surface area contributed by atoms with Crippen molar-refractivity contribution in [1.29, 1.82) is 0 Å². The lowest BCUT2D eigenvalue weighted by molar-refractivity contribution is -0.137. The average molecular weight is 308 g/mol. The number of carbonyl (C=O) groups excluding carboxylic acids is 1. The summed E-state index contributed by atoms with van der Waals surface area (Å²) in [6.45, 7) is 1.16. The van der Waals surface area contributed by atoms with Crippen LogP contribution in [0.5, 0.6) is 0 Å². The summed E-state index contributed by atoms with van der Waals surface area (Å²) in [5.41, 5.74) is 0.165. The molecule has 1 aliphatic rings. The predicted molar refractivity (Wildman–Crippen MR) is 78.8 cm³/mol. The number of hydrogen-bond donors (Lipinski definition) is 1. The van der Waals surface area contributed by atoms with Gasteiger partial charge in [0.25, 0.3) is 5.91 Å². The van der Waals surface area contributed by atoms with Gasteiger partial charge < -0.3 is 19.3 Å². The number of carbonyl (C=O) groups is 2. The Morgan fingerprint density at radius 2 is 2.23 bits per heavy atom. The van der Waals surface area contributed by atoms with E-state index in [0.717, 1.165) is 12.8 Å². The van der Waals surface area contributed by atoms with E-state index in [1.807, 2.05) is 0 Å². The molecule has 22 heavy (non-hydrogen) atoms. The van der Waals surface area contributed by atoms with Crippen molar-refractivity contribution in [1.82, 2.24) is 9.47 Å². The molecular weight excluding hydrogens is 288 g/mol. The number of ether oxygens (including phenoxy) is 1. The van der Waals surface area contributed by atoms with E-state index in [-0.39, 0.29) is 30.5 Å². The van der Waals surface area contributed by atoms with Gasteiger partial charge in [-0.15, -0.1) is 0 Å². The molecule has 1 aromatic rings. The number of aliphatic carboxylic acids is 1. The van der Waals surface area contributed by atoms with Crippen LogP contribution < -0.4 is 5.56 Å². The zero-order valence-corrected chi connectivity index (χ0v) is 12.5. The molecule has 1 fully saturated rings. The minimum Gasteiger partial charge on any atom is -0.481 e. The third kappa shape index (κ3) is 4.17. The molecule has 0 aromatic carbocycles. The summed E-state index contributed by atoms with van der Waals surface area (Å²) < 4.78 is 6.85. The number of pyridine rings is 1. The van der Waals surface area contributed by atoms with Crippen molar-refractivity contribution in [3.05, 3.63) is 34.2 Å². The third-order valence-electron chi connectivity index (χ3n) is 3.66. The predicted octanol–water partition coefficient (Wildman–Crippen LogP) is 0.481. The van der Waals surface area contributed by atoms with Crippen LogP contribution in [-0.2, 0) is 16.6 Å². The molecule has 0 aliphatic carbocycles. The van der Waals surface area contributed by atoms with E-state index >= 15 is 0 Å². The van der Waals surface area contributed by atoms with Crippen molar-refractivity contribution in [2.45, 2.75) is 25.4 Å². The molecule has 120 valence electrons. The number of aryl methyl sites for hydroxylation is 1. The topological polar surface area (TPSA) is 88.8 Å². The summed E-state index contributed by atoms with van der Waals surface area (Å²) in [4.78, 5) is 36.2. The maximum atomic E-state index is 12.6. The maximum absolute atomic E-state index is 12.6. The molecule has 0 saturated carbocycles. The van der Waals surface area contributed by atoms with Gasteiger partial charge in [-0.2, -0.15) is 0 Å². The zero-order chi connectivity index (χ0) is 16.1. The summed E-state index contributed by atoms with van der Waals surface area (Å²) in [7, 11) is 1.57. The summed E-state index contributed by atoms with van der Waals surface area (Å²) in [6.07, 6.45) is 3.11. The van der Waals surface area contributed by atoms with Gasteiger partial charge in [0.15, 0.2) is 0 Å². The highest BCUT2D eigenvalue weighted by Crippen LogP contribution is 2.15. The molecule has 0 spiro atoms. The fourth-order valence-corrected chi connectivity index (χ4v) is 2.44. The fourth-order valence-electron chi connectivity index (χ4n) is 2.44. The first-order valence-electron chi connectivity index (χ1n) is 7.26. The van der Waals surface area contributed by atoms with Gasteiger partial charge in [-0.05, 0) is 18.9 Å². The van der Waals surface area contributed by atoms with Gasteiger partial charge in [-0.3, -0.25) is 14.4 Å². The minimum atomic E-state index is -0.953. The van der Waals surface area contributed by atoms with Crippen LogP contribution in [0.25, 0.3) is 0 Å². The molecule has 7 nitrogen and oxygen atoms in total. The Morgan fingerprint density at radius 1 is 1.45 bits per heavy atom. The number of rotatable bonds is 6. The lowest BCUT2D eigenvalue weighted by atomic mass is 10.2. The minimum absolute atomic E-state index is 0.0507. The molecule has 7 heteroatoms. The normalized spacial score (nSPS) is 17.4. The van der Waals surface area contributed by atoms with E-state index in [4.69, 9.17) is 9.84 Å². The van der Waals surface area contributed by atoms with Crippen molar-refractivity contribution in [2.24, 2.45) is 7.05 Å². The second kappa shape index (κ2) is 7.22. The molecular formula is C15H20N2O5. The second-order valence-electron chi connectivity index (χ2n) is 5.40. The van der Waals surface area contributed by atoms with Crippen molar-refractivity contribution in [3.63, 3.8) is 0 Å². The van der Waals surface area contributed by atoms with Crippen molar-refractivity contribution >= 4 is 11.9 Å². The maximum Gasteiger partial charge on any atom is 0.305 e. The van der Waals surface area contributed by atoms with Crippen molar-refractivity contribution < 1.29 is 19.4 Å². The molecule has 1 aliphatic heterocycles. The van der Waals surface area contributed by atoms with E-state index in [0.29, 0.717) is 18.7 Å². The van der Waals surface area contributed by atoms with E-state index in [9.17, 15) is 14.4 Å². The van der Waals surface area contributed by atoms with Crippen LogP contribution in [0.3, 0.4) is 0 Å². The molecule has 0 unspecified atom stereocenters. The Bertz CT molecular complexity index is 604. The molecule has 0 bridgehead atoms. The Balaban J connectivity index is 2.13. The Labute approximate surface area is 128 Å². The zero-order valence-electron chi connectivity index (χ0n) is 12.5. The van der Waals surface area contributed by atoms with E-state index in [2.05, 4.69) is 0 Å². The summed E-state index contributed by atoms with van der Waals surface area (Å²) in [5.74, 6) is -1.24. The monoisotopic (exact) mass is 308 g/mol. The first-order chi connectivity index (χ1) is 10.5. The largest absolute Gasteiger partial charge is 0.481 e. The van der Waals surface area contributed by atoms with Crippen molar-refractivity contribution in [3.8, 4) is 0 Å². The Morgan fingerprint density at radius 3 is 2.82 bits per heavy atom. The Kier molecular flexibility index (Phi) is 5.32. The number of carboxylic acid groups (broad SMARTS) is 1. The smallest absolute Gasteiger partial charge is 0.305 e. The number of hydrogen-bond acceptors (Lipinski definition) is 4. The van der Waals surface area contributed by atoms with E-state index < -0.39 is 5.97 Å². The highest BCUT2D eigenvalue weighted by molar-refractivity contribution is 5.94. The average Bonchev–Trinajstić information content (AvgIpc) is 2.98. The summed E-state index contributed by atoms with van der Waals surface area (Å²) in [5, 5.41) is 8.84. The Hall–Kier alpha value is -2.15. The molecule has 1 atom stereocenters. The van der Waals surface area contributed by atoms with Crippen molar-refractivity contribution in [2.75, 3.05) is 19.7 Å². The van der Waals surface area contributed by atoms with Gasteiger partial charge >= 0.3 is 5.97 Å². The first-order valence-corrected chi connectivity index (χ1v) is 7.26. The van der Waals surface area contributed by atoms with Crippen LogP contribution in [0.2, 0.25) is 0 Å². The number of carboxylic acids is 1. The lowest BCUT2D eigenvalue weighted by Gasteiger charge is -2.25. The van der Waals surface area contributed by atoms with Crippen LogP contribution in [0.1, 0.15) is 29.6 Å². The molecule has 2 heterocycles. The molecule has 2 rings (SSSR count). The molecule has 0 radical (unpaired) electrons. The third-order valence-corrected chi connectivity index (χ3v) is 3.66. The van der Waals surface area contributed by atoms with Gasteiger partial charge in [-0.1, -0.05) is 0 Å². The van der Waals surface area contributed by atoms with Gasteiger partial charge in [0.2, 0.25) is 5.56 Å². The SMILES string of the molecule is Cn1cc(C(=O)N(CCC(=O)O)C[C@H]2CCCO2)ccc1=O. The molecule has 1 aromatic heterocycles. The van der Waals surface area contributed by atoms with Gasteiger partial charge in [-0.25, -0.2) is 0 Å². The lowest BCUT2D eigenvalue weighted by Crippen LogP contribution is -2.39. The number of nitrogens with zero attached hydrogens (tertiary/aromatic N) is 2. The number of aromatic nitrogens is 1. The standard InChI is InChI=1S/C15H20N2O5/c1-16-9-11(4-5-13(16)18)15(21)17(7-6-14(19)20)10-12-3-2-8-22-12/h4-5,9,12H,2-3,6-8,10H2,1H3,(H,19,20)/t12-/m1/s1. The number of amides is 1. The highest BCUT2D eigenvalue weighted by Gasteiger charge is 2.24. The van der Waals surface area contributed by atoms with Gasteiger partial charge in [0.05, 0.1) is 18.1 Å². The summed E-state index contributed by atoms with van der Waals surface area (Å²) in [6, 6.07) is 2.79. The van der Waals surface area contributed by atoms with Crippen LogP contribution >= 0.6 is 0 Å². The molecule has 1 amide bonds. The van der Waals surface area contributed by atoms with Crippen LogP contribution in [0.4, 0.5) is 0 Å². The van der Waals surface area contributed by atoms with E-state index in [1.54, 1.807) is 7.05 Å². The second-order valence-corrected chi connectivity index (χ2v) is 5.40. The molecule has 1 saturated heterocycles. The van der Waals surface area contributed by atoms with Crippen LogP contribution in [0, 0.1) is 0 Å². The molecule has 1 N–H and O–H groups in total. The highest BCUT2D eigenvalue weighted by atomic mass is 16.5. The quantitative estimate of drug-likeness (QED) is 0.826. The summed E-state index contributed by atoms with van der Waals surface area (Å²) >= 11 is 0. The fraction of sp³-hybridized carbons (Fsp3) is 0.533. The first kappa shape index (κ1) is 16.2. The van der Waals surface area contributed by atoms with Gasteiger partial charge in [0, 0.05) is 39.0 Å².